The van der Waals surface area contributed by atoms with Crippen LogP contribution >= 0.6 is 0 Å². The standard InChI is InChI=1S/C8H14O2/c1-3-10-8-4-7(5-8)6(2)9/h7-8H,3-5H2,1-2H3. The molecule has 0 aromatic heterocycles. The maximum Gasteiger partial charge on any atom is 0.133 e. The van der Waals surface area contributed by atoms with E-state index in [-0.39, 0.29) is 0 Å². The molecule has 0 radical (unpaired) electrons. The fourth-order valence-electron chi connectivity index (χ4n) is 1.27. The fourth-order valence-corrected chi connectivity index (χ4v) is 1.27. The van der Waals surface area contributed by atoms with Crippen LogP contribution < -0.4 is 0 Å². The molecule has 0 unspecified atom stereocenters. The summed E-state index contributed by atoms with van der Waals surface area (Å²) >= 11 is 0. The summed E-state index contributed by atoms with van der Waals surface area (Å²) in [5.74, 6) is 0.618. The summed E-state index contributed by atoms with van der Waals surface area (Å²) in [5.41, 5.74) is 0. The van der Waals surface area contributed by atoms with Gasteiger partial charge in [0.15, 0.2) is 0 Å². The van der Waals surface area contributed by atoms with E-state index in [0.717, 1.165) is 19.4 Å². The molecule has 10 heavy (non-hydrogen) atoms. The van der Waals surface area contributed by atoms with Gasteiger partial charge in [0, 0.05) is 12.5 Å². The lowest BCUT2D eigenvalue weighted by molar-refractivity contribution is -0.129. The van der Waals surface area contributed by atoms with E-state index in [1.165, 1.54) is 0 Å². The highest BCUT2D eigenvalue weighted by Gasteiger charge is 2.32. The fraction of sp³-hybridized carbons (Fsp3) is 0.875. The SMILES string of the molecule is CCOC1CC(C(C)=O)C1. The number of hydrogen-bond donors (Lipinski definition) is 0. The second-order valence-electron chi connectivity index (χ2n) is 2.86. The Hall–Kier alpha value is -0.370. The summed E-state index contributed by atoms with van der Waals surface area (Å²) in [6, 6.07) is 0. The summed E-state index contributed by atoms with van der Waals surface area (Å²) < 4.78 is 5.31. The Morgan fingerprint density at radius 2 is 2.20 bits per heavy atom. The van der Waals surface area contributed by atoms with Gasteiger partial charge in [-0.25, -0.2) is 0 Å². The third-order valence-electron chi connectivity index (χ3n) is 2.07. The summed E-state index contributed by atoms with van der Waals surface area (Å²) in [4.78, 5) is 10.7. The van der Waals surface area contributed by atoms with Crippen molar-refractivity contribution in [1.82, 2.24) is 0 Å². The quantitative estimate of drug-likeness (QED) is 0.595. The Labute approximate surface area is 61.6 Å². The summed E-state index contributed by atoms with van der Waals surface area (Å²) in [5, 5.41) is 0. The lowest BCUT2D eigenvalue weighted by Crippen LogP contribution is -2.35. The van der Waals surface area contributed by atoms with Gasteiger partial charge in [-0.15, -0.1) is 0 Å². The molecule has 2 heteroatoms. The predicted octanol–water partition coefficient (Wildman–Crippen LogP) is 1.39. The largest absolute Gasteiger partial charge is 0.378 e. The maximum atomic E-state index is 10.7. The molecule has 1 aliphatic rings. The molecule has 0 aromatic rings. The molecule has 1 aliphatic carbocycles. The molecular formula is C8H14O2. The molecular weight excluding hydrogens is 128 g/mol. The summed E-state index contributed by atoms with van der Waals surface area (Å²) in [7, 11) is 0. The van der Waals surface area contributed by atoms with Gasteiger partial charge >= 0.3 is 0 Å². The van der Waals surface area contributed by atoms with Crippen LogP contribution in [-0.4, -0.2) is 18.5 Å². The van der Waals surface area contributed by atoms with E-state index in [2.05, 4.69) is 0 Å². The first-order valence-electron chi connectivity index (χ1n) is 3.86. The molecule has 0 aromatic carbocycles. The normalized spacial score (nSPS) is 31.4. The van der Waals surface area contributed by atoms with Crippen LogP contribution in [0.15, 0.2) is 0 Å². The van der Waals surface area contributed by atoms with Gasteiger partial charge in [0.05, 0.1) is 6.10 Å². The van der Waals surface area contributed by atoms with Crippen LogP contribution in [0.25, 0.3) is 0 Å². The van der Waals surface area contributed by atoms with Crippen LogP contribution in [0.4, 0.5) is 0 Å². The number of ether oxygens (including phenoxy) is 1. The highest BCUT2D eigenvalue weighted by Crippen LogP contribution is 2.30. The molecule has 0 amide bonds. The Morgan fingerprint density at radius 3 is 2.60 bits per heavy atom. The van der Waals surface area contributed by atoms with Gasteiger partial charge in [0.2, 0.25) is 0 Å². The highest BCUT2D eigenvalue weighted by atomic mass is 16.5. The lowest BCUT2D eigenvalue weighted by Gasteiger charge is -2.32. The van der Waals surface area contributed by atoms with E-state index in [4.69, 9.17) is 4.74 Å². The summed E-state index contributed by atoms with van der Waals surface area (Å²) in [6.45, 7) is 4.42. The van der Waals surface area contributed by atoms with E-state index in [0.29, 0.717) is 17.8 Å². The minimum atomic E-state index is 0.302. The van der Waals surface area contributed by atoms with Crippen molar-refractivity contribution in [3.05, 3.63) is 0 Å². The third-order valence-corrected chi connectivity index (χ3v) is 2.07. The second-order valence-corrected chi connectivity index (χ2v) is 2.86. The Bertz CT molecular complexity index is 125. The maximum absolute atomic E-state index is 10.7. The van der Waals surface area contributed by atoms with E-state index in [1.54, 1.807) is 6.92 Å². The molecule has 0 atom stereocenters. The zero-order valence-corrected chi connectivity index (χ0v) is 6.59. The molecule has 0 bridgehead atoms. The number of ketones is 1. The second kappa shape index (κ2) is 3.15. The van der Waals surface area contributed by atoms with Crippen molar-refractivity contribution in [1.29, 1.82) is 0 Å². The smallest absolute Gasteiger partial charge is 0.133 e. The van der Waals surface area contributed by atoms with Gasteiger partial charge in [0.25, 0.3) is 0 Å². The van der Waals surface area contributed by atoms with Crippen LogP contribution in [0.2, 0.25) is 0 Å². The number of rotatable bonds is 3. The van der Waals surface area contributed by atoms with Gasteiger partial charge in [-0.3, -0.25) is 4.79 Å². The van der Waals surface area contributed by atoms with Crippen molar-refractivity contribution in [3.8, 4) is 0 Å². The van der Waals surface area contributed by atoms with E-state index in [1.807, 2.05) is 6.92 Å². The topological polar surface area (TPSA) is 26.3 Å². The molecule has 1 saturated carbocycles. The first-order chi connectivity index (χ1) is 4.74. The van der Waals surface area contributed by atoms with Gasteiger partial charge in [-0.1, -0.05) is 0 Å². The number of hydrogen-bond acceptors (Lipinski definition) is 2. The molecule has 1 fully saturated rings. The zero-order valence-electron chi connectivity index (χ0n) is 6.59. The van der Waals surface area contributed by atoms with Crippen LogP contribution in [0, 0.1) is 5.92 Å². The van der Waals surface area contributed by atoms with E-state index >= 15 is 0 Å². The van der Waals surface area contributed by atoms with E-state index < -0.39 is 0 Å². The number of carbonyl (C=O) groups excluding carboxylic acids is 1. The molecule has 0 heterocycles. The first kappa shape index (κ1) is 7.73. The Balaban J connectivity index is 2.12. The molecule has 2 nitrogen and oxygen atoms in total. The zero-order chi connectivity index (χ0) is 7.56. The Kier molecular flexibility index (Phi) is 2.44. The average Bonchev–Trinajstić information content (AvgIpc) is 1.76. The lowest BCUT2D eigenvalue weighted by atomic mass is 9.80. The van der Waals surface area contributed by atoms with Crippen molar-refractivity contribution in [3.63, 3.8) is 0 Å². The third kappa shape index (κ3) is 1.57. The van der Waals surface area contributed by atoms with Gasteiger partial charge in [-0.05, 0) is 26.7 Å². The molecule has 58 valence electrons. The molecule has 0 N–H and O–H groups in total. The minimum Gasteiger partial charge on any atom is -0.378 e. The average molecular weight is 142 g/mol. The van der Waals surface area contributed by atoms with Crippen LogP contribution in [-0.2, 0) is 9.53 Å². The van der Waals surface area contributed by atoms with Gasteiger partial charge < -0.3 is 4.74 Å². The summed E-state index contributed by atoms with van der Waals surface area (Å²) in [6.07, 6.45) is 2.27. The molecule has 0 saturated heterocycles. The van der Waals surface area contributed by atoms with Crippen LogP contribution in [0.5, 0.6) is 0 Å². The minimum absolute atomic E-state index is 0.302. The number of carbonyl (C=O) groups is 1. The molecule has 0 aliphatic heterocycles. The van der Waals surface area contributed by atoms with Crippen molar-refractivity contribution in [2.75, 3.05) is 6.61 Å². The monoisotopic (exact) mass is 142 g/mol. The van der Waals surface area contributed by atoms with E-state index in [9.17, 15) is 4.79 Å². The number of Topliss-reactive ketones (excluding diaryl/α,β-unsaturated/α-hetero) is 1. The van der Waals surface area contributed by atoms with Gasteiger partial charge in [0.1, 0.15) is 5.78 Å². The molecule has 0 spiro atoms. The van der Waals surface area contributed by atoms with Gasteiger partial charge in [-0.2, -0.15) is 0 Å². The van der Waals surface area contributed by atoms with Crippen molar-refractivity contribution in [2.45, 2.75) is 32.8 Å². The predicted molar refractivity (Wildman–Crippen MR) is 38.8 cm³/mol. The van der Waals surface area contributed by atoms with Crippen LogP contribution in [0.3, 0.4) is 0 Å². The van der Waals surface area contributed by atoms with Crippen LogP contribution in [0.1, 0.15) is 26.7 Å². The molecule has 1 rings (SSSR count). The highest BCUT2D eigenvalue weighted by molar-refractivity contribution is 5.79. The Morgan fingerprint density at radius 1 is 1.60 bits per heavy atom. The first-order valence-corrected chi connectivity index (χ1v) is 3.86. The van der Waals surface area contributed by atoms with Crippen molar-refractivity contribution in [2.24, 2.45) is 5.92 Å². The van der Waals surface area contributed by atoms with Crippen molar-refractivity contribution < 1.29 is 9.53 Å². The van der Waals surface area contributed by atoms with Crippen molar-refractivity contribution >= 4 is 5.78 Å².